The fraction of sp³-hybridized carbons (Fsp3) is 0.0800. The maximum Gasteiger partial charge on any atom is 0.130 e. The average molecular weight is 785 g/mol. The minimum Gasteiger partial charge on any atom is -0.487 e. The van der Waals surface area contributed by atoms with E-state index >= 15 is 0 Å². The Labute approximate surface area is 347 Å². The predicted octanol–water partition coefficient (Wildman–Crippen LogP) is 10.6. The lowest BCUT2D eigenvalue weighted by Gasteiger charge is -2.09. The van der Waals surface area contributed by atoms with Gasteiger partial charge in [-0.15, -0.1) is 0 Å². The van der Waals surface area contributed by atoms with Crippen LogP contribution >= 0.6 is 0 Å². The average Bonchev–Trinajstić information content (AvgIpc) is 3.90. The van der Waals surface area contributed by atoms with Crippen molar-refractivity contribution in [3.05, 3.63) is 194 Å². The zero-order valence-corrected chi connectivity index (χ0v) is 33.1. The topological polar surface area (TPSA) is 106 Å². The highest BCUT2D eigenvalue weighted by Crippen LogP contribution is 2.33. The van der Waals surface area contributed by atoms with E-state index in [0.717, 1.165) is 89.5 Å². The Kier molecular flexibility index (Phi) is 10.8. The molecule has 0 unspecified atom stereocenters. The first-order valence-electron chi connectivity index (χ1n) is 19.6. The van der Waals surface area contributed by atoms with E-state index in [-0.39, 0.29) is 0 Å². The molecule has 0 radical (unpaired) electrons. The molecule has 60 heavy (non-hydrogen) atoms. The number of fused-ring (bicyclic) bond motifs is 2. The first kappa shape index (κ1) is 37.6. The second kappa shape index (κ2) is 17.3. The van der Waals surface area contributed by atoms with E-state index in [4.69, 9.17) is 9.47 Å². The van der Waals surface area contributed by atoms with Crippen LogP contribution in [0.15, 0.2) is 183 Å². The van der Waals surface area contributed by atoms with Crippen molar-refractivity contribution in [1.29, 1.82) is 0 Å². The van der Waals surface area contributed by atoms with Crippen molar-refractivity contribution in [2.75, 3.05) is 0 Å². The van der Waals surface area contributed by atoms with Crippen LogP contribution in [0.25, 0.3) is 66.6 Å². The Bertz CT molecular complexity index is 2880. The standard InChI is InChI=1S/2C25H20N4O/c1-29-16-23(25(28-29)20-12-14-26-15-13-20)18-7-10-22(11-8-18)30-17-21-9-6-19-4-2-3-5-24(19)27-21;1-29-25(20-12-14-26-15-13-20)23(16-27-29)18-7-10-22(11-8-18)30-17-21-9-6-19-4-2-3-5-24(19)28-21/h2*2-16H,17H2,1H3. The molecule has 10 nitrogen and oxygen atoms in total. The Hall–Kier alpha value is -7.98. The Balaban J connectivity index is 0.000000154. The molecule has 0 aliphatic rings. The van der Waals surface area contributed by atoms with Gasteiger partial charge in [0.05, 0.1) is 34.3 Å². The highest BCUT2D eigenvalue weighted by molar-refractivity contribution is 5.82. The van der Waals surface area contributed by atoms with Gasteiger partial charge in [-0.2, -0.15) is 10.2 Å². The van der Waals surface area contributed by atoms with E-state index in [1.54, 1.807) is 24.8 Å². The van der Waals surface area contributed by atoms with Gasteiger partial charge in [0.15, 0.2) is 0 Å². The SMILES string of the molecule is Cn1cc(-c2ccc(OCc3ccc4ccccc4n3)cc2)c(-c2ccncc2)n1.Cn1ncc(-c2ccc(OCc3ccc4ccccc4n3)cc2)c1-c1ccncc1. The number of pyridine rings is 4. The van der Waals surface area contributed by atoms with Crippen LogP contribution in [0.1, 0.15) is 11.4 Å². The summed E-state index contributed by atoms with van der Waals surface area (Å²) in [7, 11) is 3.88. The number of para-hydroxylation sites is 2. The summed E-state index contributed by atoms with van der Waals surface area (Å²) in [6, 6.07) is 48.5. The first-order valence-corrected chi connectivity index (χ1v) is 19.6. The molecule has 0 saturated heterocycles. The summed E-state index contributed by atoms with van der Waals surface area (Å²) in [6.45, 7) is 0.860. The maximum absolute atomic E-state index is 5.96. The molecule has 0 amide bonds. The summed E-state index contributed by atoms with van der Waals surface area (Å²) in [5, 5.41) is 11.3. The van der Waals surface area contributed by atoms with E-state index in [0.29, 0.717) is 13.2 Å². The number of hydrogen-bond acceptors (Lipinski definition) is 8. The number of aryl methyl sites for hydroxylation is 2. The van der Waals surface area contributed by atoms with Crippen LogP contribution < -0.4 is 9.47 Å². The van der Waals surface area contributed by atoms with Crippen molar-refractivity contribution >= 4 is 21.8 Å². The Morgan fingerprint density at radius 1 is 0.483 bits per heavy atom. The number of hydrogen-bond donors (Lipinski definition) is 0. The summed E-state index contributed by atoms with van der Waals surface area (Å²) < 4.78 is 15.6. The number of nitrogens with zero attached hydrogens (tertiary/aromatic N) is 8. The second-order valence-electron chi connectivity index (χ2n) is 14.2. The monoisotopic (exact) mass is 784 g/mol. The summed E-state index contributed by atoms with van der Waals surface area (Å²) >= 11 is 0. The molecular weight excluding hydrogens is 745 g/mol. The zero-order valence-electron chi connectivity index (χ0n) is 33.1. The highest BCUT2D eigenvalue weighted by atomic mass is 16.5. The van der Waals surface area contributed by atoms with Crippen LogP contribution in [0.5, 0.6) is 11.5 Å². The third kappa shape index (κ3) is 8.48. The molecule has 10 aromatic rings. The molecule has 0 aliphatic heterocycles. The van der Waals surface area contributed by atoms with E-state index < -0.39 is 0 Å². The largest absolute Gasteiger partial charge is 0.487 e. The molecule has 6 aromatic heterocycles. The quantitative estimate of drug-likeness (QED) is 0.135. The van der Waals surface area contributed by atoms with Gasteiger partial charge in [-0.05, 0) is 83.9 Å². The van der Waals surface area contributed by atoms with Crippen molar-refractivity contribution in [3.63, 3.8) is 0 Å². The summed E-state index contributed by atoms with van der Waals surface area (Å²) in [6.07, 6.45) is 11.1. The lowest BCUT2D eigenvalue weighted by molar-refractivity contribution is 0.302. The van der Waals surface area contributed by atoms with Crippen molar-refractivity contribution in [2.45, 2.75) is 13.2 Å². The normalized spacial score (nSPS) is 11.0. The smallest absolute Gasteiger partial charge is 0.130 e. The van der Waals surface area contributed by atoms with Gasteiger partial charge in [-0.3, -0.25) is 19.3 Å². The molecule has 10 heteroatoms. The van der Waals surface area contributed by atoms with Crippen molar-refractivity contribution in [1.82, 2.24) is 39.5 Å². The lowest BCUT2D eigenvalue weighted by Crippen LogP contribution is -1.98. The zero-order chi connectivity index (χ0) is 40.7. The van der Waals surface area contributed by atoms with Crippen LogP contribution in [0.3, 0.4) is 0 Å². The van der Waals surface area contributed by atoms with Crippen molar-refractivity contribution in [3.8, 4) is 56.3 Å². The molecule has 292 valence electrons. The fourth-order valence-corrected chi connectivity index (χ4v) is 7.08. The third-order valence-corrected chi connectivity index (χ3v) is 10.1. The Morgan fingerprint density at radius 2 is 0.983 bits per heavy atom. The van der Waals surface area contributed by atoms with Crippen LogP contribution in [-0.4, -0.2) is 39.5 Å². The molecule has 0 aliphatic carbocycles. The third-order valence-electron chi connectivity index (χ3n) is 10.1. The van der Waals surface area contributed by atoms with Gasteiger partial charge >= 0.3 is 0 Å². The molecule has 0 bridgehead atoms. The van der Waals surface area contributed by atoms with E-state index in [2.05, 4.69) is 78.7 Å². The highest BCUT2D eigenvalue weighted by Gasteiger charge is 2.14. The van der Waals surface area contributed by atoms with Gasteiger partial charge in [0, 0.05) is 78.1 Å². The summed E-state index contributed by atoms with van der Waals surface area (Å²) in [5.41, 5.74) is 12.2. The fourth-order valence-electron chi connectivity index (χ4n) is 7.08. The van der Waals surface area contributed by atoms with Crippen molar-refractivity contribution < 1.29 is 9.47 Å². The molecular formula is C50H40N8O2. The second-order valence-corrected chi connectivity index (χ2v) is 14.2. The Morgan fingerprint density at radius 3 is 1.53 bits per heavy atom. The molecule has 0 atom stereocenters. The molecule has 6 heterocycles. The lowest BCUT2D eigenvalue weighted by atomic mass is 10.0. The van der Waals surface area contributed by atoms with Gasteiger partial charge in [-0.1, -0.05) is 72.8 Å². The van der Waals surface area contributed by atoms with Crippen LogP contribution in [-0.2, 0) is 27.3 Å². The minimum atomic E-state index is 0.430. The molecule has 0 N–H and O–H groups in total. The number of aromatic nitrogens is 8. The predicted molar refractivity (Wildman–Crippen MR) is 236 cm³/mol. The number of benzene rings is 4. The maximum atomic E-state index is 5.96. The van der Waals surface area contributed by atoms with Gasteiger partial charge < -0.3 is 9.47 Å². The van der Waals surface area contributed by atoms with Gasteiger partial charge in [0.2, 0.25) is 0 Å². The molecule has 0 saturated carbocycles. The van der Waals surface area contributed by atoms with Gasteiger partial charge in [0.25, 0.3) is 0 Å². The molecule has 0 spiro atoms. The molecule has 10 rings (SSSR count). The van der Waals surface area contributed by atoms with E-state index in [9.17, 15) is 0 Å². The number of rotatable bonds is 10. The summed E-state index contributed by atoms with van der Waals surface area (Å²) in [5.74, 6) is 1.62. The van der Waals surface area contributed by atoms with Crippen molar-refractivity contribution in [2.24, 2.45) is 14.1 Å². The van der Waals surface area contributed by atoms with E-state index in [1.165, 1.54) is 0 Å². The minimum absolute atomic E-state index is 0.430. The van der Waals surface area contributed by atoms with Crippen LogP contribution in [0.4, 0.5) is 0 Å². The van der Waals surface area contributed by atoms with E-state index in [1.807, 2.05) is 133 Å². The van der Waals surface area contributed by atoms with Gasteiger partial charge in [-0.25, -0.2) is 9.97 Å². The van der Waals surface area contributed by atoms with Crippen LogP contribution in [0, 0.1) is 0 Å². The number of ether oxygens (including phenoxy) is 2. The molecule has 4 aromatic carbocycles. The van der Waals surface area contributed by atoms with Gasteiger partial charge in [0.1, 0.15) is 30.4 Å². The first-order chi connectivity index (χ1) is 29.5. The van der Waals surface area contributed by atoms with Crippen LogP contribution in [0.2, 0.25) is 0 Å². The summed E-state index contributed by atoms with van der Waals surface area (Å²) in [4.78, 5) is 17.5. The molecule has 0 fully saturated rings.